The van der Waals surface area contributed by atoms with E-state index >= 15 is 0 Å². The van der Waals surface area contributed by atoms with Gasteiger partial charge in [0.05, 0.1) is 0 Å². The second kappa shape index (κ2) is 7.16. The van der Waals surface area contributed by atoms with E-state index in [1.54, 1.807) is 24.4 Å². The van der Waals surface area contributed by atoms with Crippen molar-refractivity contribution in [1.29, 1.82) is 0 Å². The molecule has 1 heterocycles. The first-order valence-electron chi connectivity index (χ1n) is 7.15. The monoisotopic (exact) mass is 348 g/mol. The Morgan fingerprint density at radius 3 is 2.26 bits per heavy atom. The second-order valence-electron chi connectivity index (χ2n) is 5.13. The van der Waals surface area contributed by atoms with Crippen molar-refractivity contribution in [3.63, 3.8) is 0 Å². The Labute approximate surface area is 133 Å². The Bertz CT molecular complexity index is 686. The summed E-state index contributed by atoms with van der Waals surface area (Å²) in [5, 5.41) is 0. The van der Waals surface area contributed by atoms with Crippen LogP contribution in [0, 0.1) is 0 Å². The largest absolute Gasteiger partial charge is 0.534 e. The fourth-order valence-electron chi connectivity index (χ4n) is 2.18. The van der Waals surface area contributed by atoms with Crippen molar-refractivity contribution in [3.05, 3.63) is 42.0 Å². The molecule has 0 spiro atoms. The molecule has 8 heteroatoms. The molecule has 1 aliphatic heterocycles. The third kappa shape index (κ3) is 4.82. The minimum Gasteiger partial charge on any atom is -0.375 e. The highest BCUT2D eigenvalue weighted by atomic mass is 32.2. The van der Waals surface area contributed by atoms with E-state index in [0.717, 1.165) is 32.4 Å². The van der Waals surface area contributed by atoms with E-state index in [1.807, 2.05) is 4.58 Å². The second-order valence-corrected chi connectivity index (χ2v) is 6.66. The van der Waals surface area contributed by atoms with Gasteiger partial charge in [0.1, 0.15) is 13.1 Å². The predicted molar refractivity (Wildman–Crippen MR) is 80.4 cm³/mol. The maximum absolute atomic E-state index is 12.5. The SMILES string of the molecule is O=S(=O)(O/C(=C/C=[N+]1CCCCC1)c1ccccc1)C(F)(F)F. The topological polar surface area (TPSA) is 46.4 Å². The van der Waals surface area contributed by atoms with Crippen LogP contribution < -0.4 is 0 Å². The third-order valence-corrected chi connectivity index (χ3v) is 4.33. The Morgan fingerprint density at radius 1 is 1.09 bits per heavy atom. The molecule has 4 nitrogen and oxygen atoms in total. The van der Waals surface area contributed by atoms with Gasteiger partial charge < -0.3 is 4.18 Å². The van der Waals surface area contributed by atoms with Crippen LogP contribution in [0.3, 0.4) is 0 Å². The molecule has 0 bridgehead atoms. The number of rotatable bonds is 4. The Morgan fingerprint density at radius 2 is 1.70 bits per heavy atom. The van der Waals surface area contributed by atoms with Crippen LogP contribution in [0.2, 0.25) is 0 Å². The van der Waals surface area contributed by atoms with Gasteiger partial charge in [0.2, 0.25) is 0 Å². The van der Waals surface area contributed by atoms with Gasteiger partial charge >= 0.3 is 15.6 Å². The van der Waals surface area contributed by atoms with Crippen LogP contribution in [-0.4, -0.2) is 37.8 Å². The van der Waals surface area contributed by atoms with E-state index in [-0.39, 0.29) is 11.3 Å². The summed E-state index contributed by atoms with van der Waals surface area (Å²) < 4.78 is 66.4. The predicted octanol–water partition coefficient (Wildman–Crippen LogP) is 3.16. The number of hydrogen-bond donors (Lipinski definition) is 0. The Balaban J connectivity index is 2.33. The average molecular weight is 348 g/mol. The Kier molecular flexibility index (Phi) is 5.46. The van der Waals surface area contributed by atoms with Gasteiger partial charge in [-0.25, -0.2) is 4.58 Å². The molecule has 0 atom stereocenters. The molecule has 1 aliphatic rings. The van der Waals surface area contributed by atoms with Gasteiger partial charge in [-0.05, 0) is 6.42 Å². The van der Waals surface area contributed by atoms with Crippen molar-refractivity contribution in [2.24, 2.45) is 0 Å². The number of halogens is 3. The van der Waals surface area contributed by atoms with Gasteiger partial charge in [0.25, 0.3) is 0 Å². The van der Waals surface area contributed by atoms with Gasteiger partial charge in [0, 0.05) is 24.5 Å². The summed E-state index contributed by atoms with van der Waals surface area (Å²) in [5.74, 6) is -0.353. The first kappa shape index (κ1) is 17.5. The number of benzene rings is 1. The molecule has 1 fully saturated rings. The molecule has 0 amide bonds. The van der Waals surface area contributed by atoms with Gasteiger partial charge in [-0.15, -0.1) is 0 Å². The van der Waals surface area contributed by atoms with Crippen LogP contribution in [0.1, 0.15) is 24.8 Å². The summed E-state index contributed by atoms with van der Waals surface area (Å²) >= 11 is 0. The fraction of sp³-hybridized carbons (Fsp3) is 0.400. The van der Waals surface area contributed by atoms with Crippen molar-refractivity contribution in [1.82, 2.24) is 0 Å². The minimum atomic E-state index is -5.70. The molecule has 2 rings (SSSR count). The molecule has 1 aromatic rings. The molecule has 0 aromatic heterocycles. The van der Waals surface area contributed by atoms with Gasteiger partial charge in [-0.1, -0.05) is 30.3 Å². The highest BCUT2D eigenvalue weighted by Gasteiger charge is 2.49. The number of nitrogens with zero attached hydrogens (tertiary/aromatic N) is 1. The summed E-state index contributed by atoms with van der Waals surface area (Å²) in [4.78, 5) is 0. The lowest BCUT2D eigenvalue weighted by molar-refractivity contribution is -0.532. The molecule has 0 radical (unpaired) electrons. The summed E-state index contributed by atoms with van der Waals surface area (Å²) in [6.45, 7) is 1.56. The molecule has 1 aromatic carbocycles. The first-order valence-corrected chi connectivity index (χ1v) is 8.56. The number of hydrogen-bond acceptors (Lipinski definition) is 3. The molecule has 0 N–H and O–H groups in total. The standard InChI is InChI=1S/C15H17F3NO3S/c16-15(17,18)23(20,21)22-14(13-7-3-1-4-8-13)9-12-19-10-5-2-6-11-19/h1,3-4,7-9,12H,2,5-6,10-11H2/q+1/b14-9+. The van der Waals surface area contributed by atoms with Crippen LogP contribution in [0.4, 0.5) is 13.2 Å². The first-order chi connectivity index (χ1) is 10.8. The molecular formula is C15H17F3NO3S+. The smallest absolute Gasteiger partial charge is 0.375 e. The maximum atomic E-state index is 12.5. The molecule has 0 unspecified atom stereocenters. The summed E-state index contributed by atoms with van der Waals surface area (Å²) in [5.41, 5.74) is -5.21. The highest BCUT2D eigenvalue weighted by Crippen LogP contribution is 2.29. The molecule has 23 heavy (non-hydrogen) atoms. The van der Waals surface area contributed by atoms with E-state index in [0.29, 0.717) is 0 Å². The van der Waals surface area contributed by atoms with E-state index in [9.17, 15) is 21.6 Å². The van der Waals surface area contributed by atoms with E-state index in [2.05, 4.69) is 4.18 Å². The van der Waals surface area contributed by atoms with Crippen LogP contribution in [0.15, 0.2) is 36.4 Å². The molecular weight excluding hydrogens is 331 g/mol. The fourth-order valence-corrected chi connectivity index (χ4v) is 2.66. The van der Waals surface area contributed by atoms with Gasteiger partial charge in [0.15, 0.2) is 12.0 Å². The van der Waals surface area contributed by atoms with Crippen LogP contribution in [0.25, 0.3) is 5.76 Å². The normalized spacial score (nSPS) is 17.0. The molecule has 0 aliphatic carbocycles. The van der Waals surface area contributed by atoms with Crippen molar-refractivity contribution in [2.45, 2.75) is 24.8 Å². The number of piperidine rings is 1. The van der Waals surface area contributed by atoms with Crippen molar-refractivity contribution in [3.8, 4) is 0 Å². The number of alkyl halides is 3. The summed E-state index contributed by atoms with van der Waals surface area (Å²) in [7, 11) is -5.70. The van der Waals surface area contributed by atoms with Gasteiger partial charge in [-0.2, -0.15) is 21.6 Å². The van der Waals surface area contributed by atoms with Crippen LogP contribution in [0.5, 0.6) is 0 Å². The molecule has 0 saturated carbocycles. The Hall–Kier alpha value is -1.83. The maximum Gasteiger partial charge on any atom is 0.534 e. The van der Waals surface area contributed by atoms with Crippen molar-refractivity contribution in [2.75, 3.05) is 13.1 Å². The zero-order valence-corrected chi connectivity index (χ0v) is 13.1. The zero-order chi connectivity index (χ0) is 16.9. The number of allylic oxidation sites excluding steroid dienone is 1. The van der Waals surface area contributed by atoms with E-state index < -0.39 is 15.6 Å². The lowest BCUT2D eigenvalue weighted by atomic mass is 10.1. The van der Waals surface area contributed by atoms with Gasteiger partial charge in [-0.3, -0.25) is 0 Å². The van der Waals surface area contributed by atoms with Crippen molar-refractivity contribution < 1.29 is 30.3 Å². The third-order valence-electron chi connectivity index (χ3n) is 3.37. The highest BCUT2D eigenvalue weighted by molar-refractivity contribution is 7.87. The van der Waals surface area contributed by atoms with E-state index in [4.69, 9.17) is 0 Å². The lowest BCUT2D eigenvalue weighted by Crippen LogP contribution is -2.25. The van der Waals surface area contributed by atoms with Crippen molar-refractivity contribution >= 4 is 22.1 Å². The quantitative estimate of drug-likeness (QED) is 0.363. The summed E-state index contributed by atoms with van der Waals surface area (Å²) in [6, 6.07) is 7.83. The molecule has 1 saturated heterocycles. The van der Waals surface area contributed by atoms with Crippen LogP contribution in [-0.2, 0) is 14.3 Å². The van der Waals surface area contributed by atoms with Crippen LogP contribution >= 0.6 is 0 Å². The summed E-state index contributed by atoms with van der Waals surface area (Å²) in [6.07, 6.45) is 5.94. The lowest BCUT2D eigenvalue weighted by Gasteiger charge is -2.12. The molecule has 126 valence electrons. The zero-order valence-electron chi connectivity index (χ0n) is 12.3. The van der Waals surface area contributed by atoms with E-state index in [1.165, 1.54) is 18.2 Å². The minimum absolute atomic E-state index is 0.258. The average Bonchev–Trinajstić information content (AvgIpc) is 2.52.